The zero-order valence-corrected chi connectivity index (χ0v) is 12.3. The van der Waals surface area contributed by atoms with Gasteiger partial charge in [0, 0.05) is 24.5 Å². The fraction of sp³-hybridized carbons (Fsp3) is 0.125. The van der Waals surface area contributed by atoms with Gasteiger partial charge in [0.15, 0.2) is 4.96 Å². The molecule has 0 spiro atoms. The van der Waals surface area contributed by atoms with Crippen LogP contribution >= 0.6 is 11.3 Å². The molecule has 4 nitrogen and oxygen atoms in total. The van der Waals surface area contributed by atoms with Crippen LogP contribution < -0.4 is 10.1 Å². The first-order valence-corrected chi connectivity index (χ1v) is 7.66. The molecule has 3 aromatic rings. The van der Waals surface area contributed by atoms with Crippen molar-refractivity contribution in [3.8, 4) is 0 Å². The molecule has 0 radical (unpaired) electrons. The molecule has 0 saturated carbocycles. The van der Waals surface area contributed by atoms with Crippen LogP contribution in [0.5, 0.6) is 0 Å². The third kappa shape index (κ3) is 1.81. The van der Waals surface area contributed by atoms with Crippen LogP contribution in [0.1, 0.15) is 6.92 Å². The highest BCUT2D eigenvalue weighted by Crippen LogP contribution is 2.16. The van der Waals surface area contributed by atoms with Gasteiger partial charge in [0.1, 0.15) is 4.53 Å². The number of hydrogen-bond acceptors (Lipinski definition) is 4. The lowest BCUT2D eigenvalue weighted by Crippen LogP contribution is -2.25. The van der Waals surface area contributed by atoms with E-state index in [2.05, 4.69) is 16.8 Å². The molecule has 0 unspecified atom stereocenters. The average Bonchev–Trinajstić information content (AvgIpc) is 3.04. The van der Waals surface area contributed by atoms with Crippen molar-refractivity contribution in [2.75, 3.05) is 6.54 Å². The highest BCUT2D eigenvalue weighted by atomic mass is 32.1. The van der Waals surface area contributed by atoms with Gasteiger partial charge in [-0.3, -0.25) is 4.79 Å². The van der Waals surface area contributed by atoms with E-state index in [9.17, 15) is 4.79 Å². The summed E-state index contributed by atoms with van der Waals surface area (Å²) in [6.07, 6.45) is 7.96. The van der Waals surface area contributed by atoms with Gasteiger partial charge in [0.05, 0.1) is 11.0 Å². The van der Waals surface area contributed by atoms with E-state index in [-0.39, 0.29) is 5.56 Å². The Morgan fingerprint density at radius 2 is 1.95 bits per heavy atom. The second-order valence-electron chi connectivity index (χ2n) is 4.87. The van der Waals surface area contributed by atoms with Gasteiger partial charge in [-0.1, -0.05) is 23.5 Å². The third-order valence-corrected chi connectivity index (χ3v) is 4.71. The van der Waals surface area contributed by atoms with Gasteiger partial charge in [-0.05, 0) is 31.2 Å². The summed E-state index contributed by atoms with van der Waals surface area (Å²) in [7, 11) is 0. The number of para-hydroxylation sites is 2. The van der Waals surface area contributed by atoms with Crippen molar-refractivity contribution in [3.63, 3.8) is 0 Å². The zero-order valence-electron chi connectivity index (χ0n) is 11.5. The first kappa shape index (κ1) is 12.3. The van der Waals surface area contributed by atoms with Gasteiger partial charge in [0.25, 0.3) is 5.56 Å². The van der Waals surface area contributed by atoms with E-state index in [1.165, 1.54) is 11.3 Å². The Bertz CT molecular complexity index is 993. The standard InChI is InChI=1S/C16H13N3OS/c1-2-18-9-7-11(8-10-18)14-15(20)19-13-6-4-3-5-12(13)17-16(19)21-14/h3-10H,2H2,1H3. The van der Waals surface area contributed by atoms with E-state index >= 15 is 0 Å². The molecule has 1 aliphatic heterocycles. The van der Waals surface area contributed by atoms with Crippen LogP contribution in [0.4, 0.5) is 0 Å². The number of hydrogen-bond donors (Lipinski definition) is 0. The molecule has 1 aromatic carbocycles. The van der Waals surface area contributed by atoms with Crippen LogP contribution in [-0.2, 0) is 0 Å². The molecule has 0 aliphatic carbocycles. The highest BCUT2D eigenvalue weighted by molar-refractivity contribution is 7.15. The molecule has 0 N–H and O–H groups in total. The summed E-state index contributed by atoms with van der Waals surface area (Å²) in [5.41, 5.74) is 2.70. The minimum absolute atomic E-state index is 0.0120. The van der Waals surface area contributed by atoms with Crippen molar-refractivity contribution in [1.82, 2.24) is 14.3 Å². The summed E-state index contributed by atoms with van der Waals surface area (Å²) < 4.78 is 2.45. The number of benzene rings is 1. The Labute approximate surface area is 124 Å². The highest BCUT2D eigenvalue weighted by Gasteiger charge is 2.12. The Morgan fingerprint density at radius 1 is 1.19 bits per heavy atom. The van der Waals surface area contributed by atoms with E-state index in [0.29, 0.717) is 0 Å². The number of aromatic nitrogens is 2. The maximum atomic E-state index is 12.7. The number of rotatable bonds is 1. The van der Waals surface area contributed by atoms with Crippen molar-refractivity contribution in [2.45, 2.75) is 6.92 Å². The normalized spacial score (nSPS) is 14.7. The molecule has 0 fully saturated rings. The topological polar surface area (TPSA) is 37.6 Å². The second kappa shape index (κ2) is 4.56. The first-order chi connectivity index (χ1) is 10.3. The van der Waals surface area contributed by atoms with Crippen molar-refractivity contribution < 1.29 is 0 Å². The minimum atomic E-state index is 0.0120. The van der Waals surface area contributed by atoms with E-state index < -0.39 is 0 Å². The molecule has 0 bridgehead atoms. The molecule has 104 valence electrons. The van der Waals surface area contributed by atoms with Crippen LogP contribution in [-0.4, -0.2) is 20.8 Å². The summed E-state index contributed by atoms with van der Waals surface area (Å²) in [5.74, 6) is 0. The molecule has 5 heteroatoms. The number of imidazole rings is 1. The Morgan fingerprint density at radius 3 is 2.71 bits per heavy atom. The number of nitrogens with zero attached hydrogens (tertiary/aromatic N) is 3. The predicted molar refractivity (Wildman–Crippen MR) is 86.1 cm³/mol. The van der Waals surface area contributed by atoms with Crippen molar-refractivity contribution in [1.29, 1.82) is 0 Å². The van der Waals surface area contributed by atoms with Gasteiger partial charge in [0.2, 0.25) is 0 Å². The van der Waals surface area contributed by atoms with Crippen molar-refractivity contribution in [3.05, 3.63) is 63.7 Å². The summed E-state index contributed by atoms with van der Waals surface area (Å²) in [6, 6.07) is 7.73. The molecule has 21 heavy (non-hydrogen) atoms. The molecule has 0 atom stereocenters. The van der Waals surface area contributed by atoms with Gasteiger partial charge in [-0.25, -0.2) is 9.38 Å². The second-order valence-corrected chi connectivity index (χ2v) is 5.85. The zero-order chi connectivity index (χ0) is 14.4. The number of thiazole rings is 1. The molecule has 3 heterocycles. The van der Waals surface area contributed by atoms with Crippen LogP contribution in [0.2, 0.25) is 0 Å². The number of fused-ring (bicyclic) bond motifs is 3. The largest absolute Gasteiger partial charge is 0.354 e. The molecule has 0 amide bonds. The molecule has 0 saturated heterocycles. The summed E-state index contributed by atoms with van der Waals surface area (Å²) in [6.45, 7) is 3.01. The number of allylic oxidation sites excluding steroid dienone is 2. The Balaban J connectivity index is 2.02. The third-order valence-electron chi connectivity index (χ3n) is 3.64. The monoisotopic (exact) mass is 295 g/mol. The van der Waals surface area contributed by atoms with E-state index in [4.69, 9.17) is 0 Å². The quantitative estimate of drug-likeness (QED) is 0.690. The molecular formula is C16H13N3OS. The van der Waals surface area contributed by atoms with Crippen molar-refractivity contribution >= 4 is 32.9 Å². The van der Waals surface area contributed by atoms with Crippen LogP contribution in [0, 0.1) is 0 Å². The summed E-state index contributed by atoms with van der Waals surface area (Å²) in [4.78, 5) is 20.0. The first-order valence-electron chi connectivity index (χ1n) is 6.84. The minimum Gasteiger partial charge on any atom is -0.354 e. The summed E-state index contributed by atoms with van der Waals surface area (Å²) in [5, 5.41) is 0. The predicted octanol–water partition coefficient (Wildman–Crippen LogP) is 2.14. The molecule has 4 rings (SSSR count). The van der Waals surface area contributed by atoms with E-state index in [0.717, 1.165) is 32.6 Å². The van der Waals surface area contributed by atoms with Crippen molar-refractivity contribution in [2.24, 2.45) is 0 Å². The van der Waals surface area contributed by atoms with Crippen LogP contribution in [0.15, 0.2) is 53.6 Å². The maximum Gasteiger partial charge on any atom is 0.275 e. The van der Waals surface area contributed by atoms with Crippen LogP contribution in [0.3, 0.4) is 0 Å². The molecular weight excluding hydrogens is 282 g/mol. The summed E-state index contributed by atoms with van der Waals surface area (Å²) >= 11 is 1.45. The van der Waals surface area contributed by atoms with Gasteiger partial charge >= 0.3 is 0 Å². The molecule has 2 aromatic heterocycles. The van der Waals surface area contributed by atoms with E-state index in [1.54, 1.807) is 4.40 Å². The van der Waals surface area contributed by atoms with Gasteiger partial charge in [-0.2, -0.15) is 0 Å². The maximum absolute atomic E-state index is 12.7. The van der Waals surface area contributed by atoms with Crippen LogP contribution in [0.25, 0.3) is 21.6 Å². The lowest BCUT2D eigenvalue weighted by atomic mass is 10.2. The van der Waals surface area contributed by atoms with Gasteiger partial charge in [-0.15, -0.1) is 0 Å². The lowest BCUT2D eigenvalue weighted by Gasteiger charge is -2.15. The van der Waals surface area contributed by atoms with Gasteiger partial charge < -0.3 is 4.90 Å². The fourth-order valence-corrected chi connectivity index (χ4v) is 3.54. The fourth-order valence-electron chi connectivity index (χ4n) is 2.51. The Hall–Kier alpha value is -2.40. The smallest absolute Gasteiger partial charge is 0.275 e. The average molecular weight is 295 g/mol. The lowest BCUT2D eigenvalue weighted by molar-refractivity contribution is 0.534. The molecule has 1 aliphatic rings. The SMILES string of the molecule is CCN1C=CC(=c2sc3nc4ccccc4n3c2=O)C=C1. The Kier molecular flexibility index (Phi) is 2.68. The van der Waals surface area contributed by atoms with E-state index in [1.807, 2.05) is 48.8 Å².